The van der Waals surface area contributed by atoms with Crippen LogP contribution in [0.2, 0.25) is 0 Å². The van der Waals surface area contributed by atoms with Crippen LogP contribution < -0.4 is 20.8 Å². The Bertz CT molecular complexity index is 1240. The number of ether oxygens (including phenoxy) is 1. The largest absolute Gasteiger partial charge is 0.496 e. The predicted octanol–water partition coefficient (Wildman–Crippen LogP) is 2.21. The van der Waals surface area contributed by atoms with Gasteiger partial charge in [0.05, 0.1) is 37.8 Å². The van der Waals surface area contributed by atoms with Gasteiger partial charge in [-0.1, -0.05) is 12.1 Å². The Hall–Kier alpha value is -3.09. The van der Waals surface area contributed by atoms with Crippen molar-refractivity contribution in [3.05, 3.63) is 56.7 Å². The van der Waals surface area contributed by atoms with Crippen LogP contribution in [0.1, 0.15) is 34.7 Å². The molecule has 194 valence electrons. The van der Waals surface area contributed by atoms with E-state index in [2.05, 4.69) is 5.32 Å². The number of thioether (sulfide) groups is 1. The maximum absolute atomic E-state index is 12.9. The lowest BCUT2D eigenvalue weighted by atomic mass is 9.91. The standard InChI is InChI=1S/C24H25F3N2O6S/c1-35-22-16(11-31)13(10-30)7-12-3-5-17(29-20(33)9-28-23(34)24(25,26)27)15-8-18(32)19(36-2)6-4-14(15)21(12)22/h4,6-8,17,30-31H,3,5,9-11H2,1-2H3,(H,28,34)(H,29,33). The smallest absolute Gasteiger partial charge is 0.471 e. The topological polar surface area (TPSA) is 125 Å². The summed E-state index contributed by atoms with van der Waals surface area (Å²) >= 11 is 1.23. The van der Waals surface area contributed by atoms with E-state index in [1.165, 1.54) is 30.3 Å². The van der Waals surface area contributed by atoms with Crippen molar-refractivity contribution in [3.8, 4) is 16.9 Å². The molecule has 0 saturated carbocycles. The number of fused-ring (bicyclic) bond motifs is 3. The Morgan fingerprint density at radius 2 is 1.92 bits per heavy atom. The van der Waals surface area contributed by atoms with Crippen molar-refractivity contribution >= 4 is 23.6 Å². The SMILES string of the molecule is COc1c(CO)c(CO)cc2c1-c1ccc(SC)c(=O)cc1C(NC(=O)CNC(=O)C(F)(F)F)CC2. The number of aliphatic hydroxyl groups is 2. The fraction of sp³-hybridized carbons (Fsp3) is 0.375. The Morgan fingerprint density at radius 1 is 1.19 bits per heavy atom. The summed E-state index contributed by atoms with van der Waals surface area (Å²) < 4.78 is 43.1. The number of carbonyl (C=O) groups is 2. The molecule has 0 aromatic heterocycles. The Labute approximate surface area is 208 Å². The minimum atomic E-state index is -5.12. The van der Waals surface area contributed by atoms with E-state index in [1.54, 1.807) is 24.5 Å². The van der Waals surface area contributed by atoms with Crippen LogP contribution in [0.5, 0.6) is 5.75 Å². The number of amides is 2. The summed E-state index contributed by atoms with van der Waals surface area (Å²) in [5.41, 5.74) is 2.78. The molecule has 2 aromatic carbocycles. The number of hydrogen-bond acceptors (Lipinski definition) is 7. The molecule has 0 radical (unpaired) electrons. The molecule has 1 atom stereocenters. The van der Waals surface area contributed by atoms with E-state index >= 15 is 0 Å². The summed E-state index contributed by atoms with van der Waals surface area (Å²) in [7, 11) is 1.42. The molecule has 3 rings (SSSR count). The van der Waals surface area contributed by atoms with E-state index in [0.717, 1.165) is 5.56 Å². The molecule has 0 spiro atoms. The number of carbonyl (C=O) groups excluding carboxylic acids is 2. The van der Waals surface area contributed by atoms with Gasteiger partial charge < -0.3 is 25.6 Å². The summed E-state index contributed by atoms with van der Waals surface area (Å²) in [5, 5.41) is 24.0. The van der Waals surface area contributed by atoms with E-state index in [9.17, 15) is 37.8 Å². The van der Waals surface area contributed by atoms with Gasteiger partial charge in [0, 0.05) is 11.1 Å². The van der Waals surface area contributed by atoms with Gasteiger partial charge in [0.2, 0.25) is 5.91 Å². The molecule has 1 unspecified atom stereocenters. The monoisotopic (exact) mass is 526 g/mol. The van der Waals surface area contributed by atoms with Gasteiger partial charge in [-0.25, -0.2) is 0 Å². The van der Waals surface area contributed by atoms with Crippen LogP contribution in [0.15, 0.2) is 34.0 Å². The third-order valence-corrected chi connectivity index (χ3v) is 6.68. The number of aryl methyl sites for hydroxylation is 1. The van der Waals surface area contributed by atoms with Crippen LogP contribution in [0.25, 0.3) is 11.1 Å². The fourth-order valence-corrected chi connectivity index (χ4v) is 4.73. The number of halogens is 3. The highest BCUT2D eigenvalue weighted by atomic mass is 32.2. The van der Waals surface area contributed by atoms with Gasteiger partial charge in [-0.05, 0) is 53.5 Å². The third-order valence-electron chi connectivity index (χ3n) is 5.90. The van der Waals surface area contributed by atoms with Gasteiger partial charge in [-0.3, -0.25) is 14.4 Å². The molecule has 12 heteroatoms. The van der Waals surface area contributed by atoms with Gasteiger partial charge in [0.25, 0.3) is 0 Å². The van der Waals surface area contributed by atoms with E-state index < -0.39 is 37.2 Å². The zero-order chi connectivity index (χ0) is 26.6. The number of benzene rings is 1. The fourth-order valence-electron chi connectivity index (χ4n) is 4.27. The Kier molecular flexibility index (Phi) is 8.64. The first-order chi connectivity index (χ1) is 17.0. The highest BCUT2D eigenvalue weighted by Crippen LogP contribution is 2.44. The normalized spacial score (nSPS) is 14.8. The molecule has 0 bridgehead atoms. The molecule has 1 aliphatic rings. The second-order valence-corrected chi connectivity index (χ2v) is 8.86. The number of aliphatic hydroxyl groups excluding tert-OH is 2. The zero-order valence-corrected chi connectivity index (χ0v) is 20.3. The molecular weight excluding hydrogens is 501 g/mol. The van der Waals surface area contributed by atoms with Gasteiger partial charge >= 0.3 is 12.1 Å². The first-order valence-electron chi connectivity index (χ1n) is 10.9. The molecule has 2 aromatic rings. The average Bonchev–Trinajstić information content (AvgIpc) is 3.09. The van der Waals surface area contributed by atoms with Crippen molar-refractivity contribution in [1.82, 2.24) is 10.6 Å². The van der Waals surface area contributed by atoms with Gasteiger partial charge in [0.1, 0.15) is 5.75 Å². The lowest BCUT2D eigenvalue weighted by molar-refractivity contribution is -0.173. The molecular formula is C24H25F3N2O6S. The highest BCUT2D eigenvalue weighted by molar-refractivity contribution is 7.98. The van der Waals surface area contributed by atoms with Crippen molar-refractivity contribution in [2.75, 3.05) is 19.9 Å². The minimum absolute atomic E-state index is 0.267. The van der Waals surface area contributed by atoms with Gasteiger partial charge in [-0.2, -0.15) is 13.2 Å². The summed E-state index contributed by atoms with van der Waals surface area (Å²) in [6, 6.07) is 5.63. The second-order valence-electron chi connectivity index (χ2n) is 8.02. The maximum Gasteiger partial charge on any atom is 0.471 e. The molecule has 2 amide bonds. The number of rotatable bonds is 7. The second kappa shape index (κ2) is 11.3. The van der Waals surface area contributed by atoms with E-state index in [-0.39, 0.29) is 18.5 Å². The summed E-state index contributed by atoms with van der Waals surface area (Å²) in [4.78, 5) is 36.9. The van der Waals surface area contributed by atoms with Crippen LogP contribution in [0, 0.1) is 0 Å². The molecule has 0 saturated heterocycles. The van der Waals surface area contributed by atoms with Crippen molar-refractivity contribution < 1.29 is 37.7 Å². The van der Waals surface area contributed by atoms with Gasteiger partial charge in [0.15, 0.2) is 5.43 Å². The first-order valence-corrected chi connectivity index (χ1v) is 12.1. The Balaban J connectivity index is 2.13. The van der Waals surface area contributed by atoms with Crippen LogP contribution in [0.3, 0.4) is 0 Å². The van der Waals surface area contributed by atoms with E-state index in [0.29, 0.717) is 44.9 Å². The van der Waals surface area contributed by atoms with Gasteiger partial charge in [-0.15, -0.1) is 11.8 Å². The van der Waals surface area contributed by atoms with Crippen LogP contribution in [0.4, 0.5) is 13.2 Å². The molecule has 1 aliphatic carbocycles. The lowest BCUT2D eigenvalue weighted by Gasteiger charge is -2.20. The first kappa shape index (κ1) is 27.5. The molecule has 8 nitrogen and oxygen atoms in total. The molecule has 0 aliphatic heterocycles. The Morgan fingerprint density at radius 3 is 2.50 bits per heavy atom. The van der Waals surface area contributed by atoms with Crippen LogP contribution in [-0.2, 0) is 29.2 Å². The molecule has 36 heavy (non-hydrogen) atoms. The number of methoxy groups -OCH3 is 1. The van der Waals surface area contributed by atoms with Crippen molar-refractivity contribution in [2.24, 2.45) is 0 Å². The lowest BCUT2D eigenvalue weighted by Crippen LogP contribution is -2.43. The van der Waals surface area contributed by atoms with E-state index in [1.807, 2.05) is 0 Å². The van der Waals surface area contributed by atoms with Crippen LogP contribution >= 0.6 is 11.8 Å². The summed E-state index contributed by atoms with van der Waals surface area (Å²) in [6.07, 6.45) is -2.77. The maximum atomic E-state index is 12.9. The molecule has 0 fully saturated rings. The quantitative estimate of drug-likeness (QED) is 0.408. The third kappa shape index (κ3) is 5.66. The van der Waals surface area contributed by atoms with Crippen LogP contribution in [-0.4, -0.2) is 48.1 Å². The molecule has 4 N–H and O–H groups in total. The average molecular weight is 527 g/mol. The minimum Gasteiger partial charge on any atom is -0.496 e. The highest BCUT2D eigenvalue weighted by Gasteiger charge is 2.38. The van der Waals surface area contributed by atoms with Crippen molar-refractivity contribution in [1.29, 1.82) is 0 Å². The van der Waals surface area contributed by atoms with Crippen molar-refractivity contribution in [3.63, 3.8) is 0 Å². The number of alkyl halides is 3. The molecule has 0 heterocycles. The van der Waals surface area contributed by atoms with Crippen molar-refractivity contribution in [2.45, 2.75) is 43.2 Å². The number of nitrogens with one attached hydrogen (secondary N) is 2. The zero-order valence-electron chi connectivity index (χ0n) is 19.5. The van der Waals surface area contributed by atoms with E-state index in [4.69, 9.17) is 4.74 Å². The number of hydrogen-bond donors (Lipinski definition) is 4. The summed E-state index contributed by atoms with van der Waals surface area (Å²) in [5.74, 6) is -2.78. The predicted molar refractivity (Wildman–Crippen MR) is 127 cm³/mol. The summed E-state index contributed by atoms with van der Waals surface area (Å²) in [6.45, 7) is -1.67.